The molecular formula is C10H7NO5Pb. The molecule has 0 bridgehead atoms. The van der Waals surface area contributed by atoms with Crippen LogP contribution in [0.3, 0.4) is 0 Å². The third-order valence-electron chi connectivity index (χ3n) is 1.80. The van der Waals surface area contributed by atoms with Crippen LogP contribution >= 0.6 is 0 Å². The molecule has 1 aromatic rings. The van der Waals surface area contributed by atoms with E-state index in [0.29, 0.717) is 0 Å². The molecule has 1 rings (SSSR count). The van der Waals surface area contributed by atoms with Crippen molar-refractivity contribution in [3.05, 3.63) is 29.3 Å². The fourth-order valence-electron chi connectivity index (χ4n) is 1.24. The molecule has 1 amide bonds. The summed E-state index contributed by atoms with van der Waals surface area (Å²) in [7, 11) is 0. The molecular weight excluding hydrogens is 421 g/mol. The maximum absolute atomic E-state index is 10.8. The number of anilines is 1. The molecule has 0 spiro atoms. The van der Waals surface area contributed by atoms with Gasteiger partial charge >= 0.3 is 27.3 Å². The fraction of sp³-hybridized carbons (Fsp3) is 0.100. The average Bonchev–Trinajstić information content (AvgIpc) is 2.15. The van der Waals surface area contributed by atoms with Crippen LogP contribution in [0.4, 0.5) is 5.69 Å². The van der Waals surface area contributed by atoms with Crippen molar-refractivity contribution in [2.75, 3.05) is 5.32 Å². The maximum Gasteiger partial charge on any atom is 2.00 e. The van der Waals surface area contributed by atoms with Crippen molar-refractivity contribution in [3.8, 4) is 0 Å². The van der Waals surface area contributed by atoms with E-state index in [1.807, 2.05) is 0 Å². The number of carboxylic acids is 2. The Bertz CT molecular complexity index is 472. The van der Waals surface area contributed by atoms with Crippen LogP contribution < -0.4 is 15.5 Å². The summed E-state index contributed by atoms with van der Waals surface area (Å²) >= 11 is 0. The van der Waals surface area contributed by atoms with E-state index in [1.165, 1.54) is 19.1 Å². The molecule has 0 saturated heterocycles. The summed E-state index contributed by atoms with van der Waals surface area (Å²) in [6, 6.07) is 3.62. The van der Waals surface area contributed by atoms with Gasteiger partial charge in [-0.15, -0.1) is 0 Å². The second-order valence-electron chi connectivity index (χ2n) is 2.98. The van der Waals surface area contributed by atoms with Crippen molar-refractivity contribution in [2.24, 2.45) is 0 Å². The number of hydrogen-bond acceptors (Lipinski definition) is 5. The van der Waals surface area contributed by atoms with E-state index >= 15 is 0 Å². The van der Waals surface area contributed by atoms with E-state index < -0.39 is 29.0 Å². The minimum absolute atomic E-state index is 0. The Morgan fingerprint density at radius 3 is 2.12 bits per heavy atom. The Labute approximate surface area is 117 Å². The number of rotatable bonds is 3. The second kappa shape index (κ2) is 6.33. The SMILES string of the molecule is CC(=O)Nc1cccc(C(=O)[O-])c1C(=O)[O-].[Pb+2]. The number of nitrogens with one attached hydrogen (secondary N) is 1. The van der Waals surface area contributed by atoms with Crippen LogP contribution in [-0.2, 0) is 4.79 Å². The van der Waals surface area contributed by atoms with Crippen LogP contribution in [0.1, 0.15) is 27.6 Å². The minimum atomic E-state index is -1.69. The fourth-order valence-corrected chi connectivity index (χ4v) is 1.24. The molecule has 0 heterocycles. The third-order valence-corrected chi connectivity index (χ3v) is 1.80. The number of carbonyl (C=O) groups is 3. The van der Waals surface area contributed by atoms with Gasteiger partial charge < -0.3 is 25.1 Å². The normalized spacial score (nSPS) is 9.00. The first-order chi connectivity index (χ1) is 7.43. The zero-order valence-electron chi connectivity index (χ0n) is 8.77. The first kappa shape index (κ1) is 15.6. The molecule has 0 unspecified atom stereocenters. The van der Waals surface area contributed by atoms with Crippen molar-refractivity contribution < 1.29 is 24.6 Å². The predicted octanol–water partition coefficient (Wildman–Crippen LogP) is -2.01. The van der Waals surface area contributed by atoms with Gasteiger partial charge in [0.1, 0.15) is 0 Å². The van der Waals surface area contributed by atoms with Crippen molar-refractivity contribution in [2.45, 2.75) is 6.92 Å². The Balaban J connectivity index is 0.00000256. The smallest absolute Gasteiger partial charge is 0.545 e. The number of carbonyl (C=O) groups excluding carboxylic acids is 3. The number of carboxylic acid groups (broad SMARTS) is 2. The summed E-state index contributed by atoms with van der Waals surface area (Å²) in [5.41, 5.74) is -1.27. The van der Waals surface area contributed by atoms with Gasteiger partial charge in [0.05, 0.1) is 17.6 Å². The molecule has 1 aromatic carbocycles. The number of hydrogen-bond donors (Lipinski definition) is 1. The van der Waals surface area contributed by atoms with Gasteiger partial charge in [-0.3, -0.25) is 4.79 Å². The topological polar surface area (TPSA) is 109 Å². The molecule has 0 saturated carbocycles. The van der Waals surface area contributed by atoms with Gasteiger partial charge in [-0.25, -0.2) is 0 Å². The van der Waals surface area contributed by atoms with Gasteiger partial charge in [0.15, 0.2) is 0 Å². The first-order valence-electron chi connectivity index (χ1n) is 4.26. The molecule has 86 valence electrons. The summed E-state index contributed by atoms with van der Waals surface area (Å²) in [4.78, 5) is 32.2. The molecule has 0 aliphatic heterocycles. The molecule has 1 N–H and O–H groups in total. The molecule has 0 atom stereocenters. The van der Waals surface area contributed by atoms with Gasteiger partial charge in [0.25, 0.3) is 0 Å². The third kappa shape index (κ3) is 3.80. The van der Waals surface area contributed by atoms with E-state index in [0.717, 1.165) is 6.07 Å². The average molecular weight is 428 g/mol. The van der Waals surface area contributed by atoms with Crippen LogP contribution in [0.15, 0.2) is 18.2 Å². The van der Waals surface area contributed by atoms with Crippen LogP contribution in [0.25, 0.3) is 0 Å². The van der Waals surface area contributed by atoms with Gasteiger partial charge in [-0.2, -0.15) is 0 Å². The molecule has 0 fully saturated rings. The molecule has 2 radical (unpaired) electrons. The Hall–Kier alpha value is -1.45. The van der Waals surface area contributed by atoms with Crippen LogP contribution in [0, 0.1) is 0 Å². The van der Waals surface area contributed by atoms with E-state index in [-0.39, 0.29) is 33.0 Å². The Morgan fingerprint density at radius 2 is 1.71 bits per heavy atom. The van der Waals surface area contributed by atoms with Gasteiger partial charge in [0, 0.05) is 18.1 Å². The molecule has 0 aliphatic rings. The maximum atomic E-state index is 10.8. The Kier molecular flexibility index (Phi) is 5.79. The Morgan fingerprint density at radius 1 is 1.12 bits per heavy atom. The van der Waals surface area contributed by atoms with Crippen LogP contribution in [0.2, 0.25) is 0 Å². The van der Waals surface area contributed by atoms with E-state index in [1.54, 1.807) is 0 Å². The van der Waals surface area contributed by atoms with E-state index in [4.69, 9.17) is 0 Å². The second-order valence-corrected chi connectivity index (χ2v) is 2.98. The summed E-state index contributed by atoms with van der Waals surface area (Å²) < 4.78 is 0. The summed E-state index contributed by atoms with van der Waals surface area (Å²) in [5, 5.41) is 23.6. The van der Waals surface area contributed by atoms with Crippen molar-refractivity contribution in [1.82, 2.24) is 0 Å². The van der Waals surface area contributed by atoms with Crippen LogP contribution in [0.5, 0.6) is 0 Å². The first-order valence-corrected chi connectivity index (χ1v) is 4.26. The van der Waals surface area contributed by atoms with E-state index in [9.17, 15) is 24.6 Å². The van der Waals surface area contributed by atoms with Gasteiger partial charge in [-0.05, 0) is 6.07 Å². The van der Waals surface area contributed by atoms with Gasteiger partial charge in [-0.1, -0.05) is 12.1 Å². The largest absolute Gasteiger partial charge is 2.00 e. The van der Waals surface area contributed by atoms with Crippen LogP contribution in [-0.4, -0.2) is 45.1 Å². The summed E-state index contributed by atoms with van der Waals surface area (Å²) in [6.07, 6.45) is 0. The molecule has 6 nitrogen and oxygen atoms in total. The number of amides is 1. The molecule has 7 heteroatoms. The quantitative estimate of drug-likeness (QED) is 0.560. The number of benzene rings is 1. The monoisotopic (exact) mass is 429 g/mol. The molecule has 17 heavy (non-hydrogen) atoms. The zero-order chi connectivity index (χ0) is 12.3. The summed E-state index contributed by atoms with van der Waals surface area (Å²) in [5.74, 6) is -3.85. The zero-order valence-corrected chi connectivity index (χ0v) is 12.7. The minimum Gasteiger partial charge on any atom is -0.545 e. The van der Waals surface area contributed by atoms with E-state index in [2.05, 4.69) is 5.32 Å². The number of aromatic carboxylic acids is 2. The molecule has 0 aromatic heterocycles. The standard InChI is InChI=1S/C10H9NO5.Pb/c1-5(12)11-7-4-2-3-6(9(13)14)8(7)10(15)16;/h2-4H,1H3,(H,11,12)(H,13,14)(H,15,16);/q;+2/p-2. The summed E-state index contributed by atoms with van der Waals surface area (Å²) in [6.45, 7) is 1.17. The predicted molar refractivity (Wildman–Crippen MR) is 55.2 cm³/mol. The van der Waals surface area contributed by atoms with Crippen molar-refractivity contribution in [3.63, 3.8) is 0 Å². The van der Waals surface area contributed by atoms with Crippen molar-refractivity contribution in [1.29, 1.82) is 0 Å². The molecule has 0 aliphatic carbocycles. The van der Waals surface area contributed by atoms with Crippen molar-refractivity contribution >= 4 is 50.8 Å². The van der Waals surface area contributed by atoms with Gasteiger partial charge in [0.2, 0.25) is 5.91 Å².